The van der Waals surface area contributed by atoms with Crippen molar-refractivity contribution in [3.8, 4) is 5.88 Å². The molecule has 96 valence electrons. The minimum absolute atomic E-state index is 0.0890. The lowest BCUT2D eigenvalue weighted by atomic mass is 10.4. The number of hydrogen-bond acceptors (Lipinski definition) is 7. The Labute approximate surface area is 105 Å². The molecule has 0 amide bonds. The van der Waals surface area contributed by atoms with Crippen molar-refractivity contribution in [3.63, 3.8) is 0 Å². The van der Waals surface area contributed by atoms with E-state index >= 15 is 0 Å². The minimum Gasteiger partial charge on any atom is -0.475 e. The molecule has 0 aromatic carbocycles. The minimum atomic E-state index is 0.0890. The molecule has 0 radical (unpaired) electrons. The van der Waals surface area contributed by atoms with Gasteiger partial charge in [-0.1, -0.05) is 5.16 Å². The predicted molar refractivity (Wildman–Crippen MR) is 64.3 cm³/mol. The first-order chi connectivity index (χ1) is 8.74. The van der Waals surface area contributed by atoms with Gasteiger partial charge in [0.05, 0.1) is 6.10 Å². The molecule has 0 fully saturated rings. The Kier molecular flexibility index (Phi) is 4.06. The lowest BCUT2D eigenvalue weighted by Crippen LogP contribution is -2.11. The quantitative estimate of drug-likeness (QED) is 0.825. The third-order valence-electron chi connectivity index (χ3n) is 2.02. The molecule has 1 N–H and O–H groups in total. The molecule has 2 aromatic heterocycles. The van der Waals surface area contributed by atoms with Crippen molar-refractivity contribution in [2.75, 3.05) is 11.9 Å². The molecule has 0 unspecified atom stereocenters. The summed E-state index contributed by atoms with van der Waals surface area (Å²) in [6.07, 6.45) is 3.74. The van der Waals surface area contributed by atoms with E-state index in [2.05, 4.69) is 25.4 Å². The van der Waals surface area contributed by atoms with E-state index < -0.39 is 0 Å². The predicted octanol–water partition coefficient (Wildman–Crippen LogP) is 1.30. The van der Waals surface area contributed by atoms with E-state index in [4.69, 9.17) is 9.26 Å². The first kappa shape index (κ1) is 12.3. The van der Waals surface area contributed by atoms with Crippen LogP contribution in [0.5, 0.6) is 5.88 Å². The molecule has 2 rings (SSSR count). The van der Waals surface area contributed by atoms with Crippen LogP contribution in [0.1, 0.15) is 19.7 Å². The summed E-state index contributed by atoms with van der Waals surface area (Å²) in [4.78, 5) is 12.2. The molecule has 2 aromatic rings. The normalized spacial score (nSPS) is 10.6. The van der Waals surface area contributed by atoms with Gasteiger partial charge in [-0.2, -0.15) is 9.97 Å². The number of rotatable bonds is 6. The topological polar surface area (TPSA) is 86.0 Å². The van der Waals surface area contributed by atoms with E-state index in [0.717, 1.165) is 0 Å². The first-order valence-corrected chi connectivity index (χ1v) is 5.73. The van der Waals surface area contributed by atoms with E-state index in [1.165, 1.54) is 6.33 Å². The highest BCUT2D eigenvalue weighted by molar-refractivity contribution is 5.27. The van der Waals surface area contributed by atoms with Crippen LogP contribution in [-0.2, 0) is 6.42 Å². The van der Waals surface area contributed by atoms with Crippen molar-refractivity contribution in [2.24, 2.45) is 0 Å². The van der Waals surface area contributed by atoms with Crippen molar-refractivity contribution in [3.05, 3.63) is 24.5 Å². The zero-order chi connectivity index (χ0) is 12.8. The van der Waals surface area contributed by atoms with E-state index in [1.54, 1.807) is 12.3 Å². The summed E-state index contributed by atoms with van der Waals surface area (Å²) in [6.45, 7) is 4.52. The number of nitrogens with zero attached hydrogens (tertiary/aromatic N) is 4. The molecule has 0 aliphatic rings. The fourth-order valence-electron chi connectivity index (χ4n) is 1.32. The van der Waals surface area contributed by atoms with Gasteiger partial charge < -0.3 is 14.6 Å². The van der Waals surface area contributed by atoms with Gasteiger partial charge in [0.2, 0.25) is 17.7 Å². The second kappa shape index (κ2) is 5.95. The maximum absolute atomic E-state index is 5.48. The van der Waals surface area contributed by atoms with Crippen LogP contribution < -0.4 is 10.1 Å². The summed E-state index contributed by atoms with van der Waals surface area (Å²) < 4.78 is 10.4. The number of ether oxygens (including phenoxy) is 1. The van der Waals surface area contributed by atoms with Gasteiger partial charge >= 0.3 is 0 Å². The lowest BCUT2D eigenvalue weighted by molar-refractivity contribution is 0.232. The van der Waals surface area contributed by atoms with Gasteiger partial charge in [-0.05, 0) is 13.8 Å². The van der Waals surface area contributed by atoms with Crippen LogP contribution in [-0.4, -0.2) is 32.8 Å². The Balaban J connectivity index is 1.85. The van der Waals surface area contributed by atoms with Gasteiger partial charge in [0.25, 0.3) is 0 Å². The average Bonchev–Trinajstić information content (AvgIpc) is 2.82. The van der Waals surface area contributed by atoms with E-state index in [-0.39, 0.29) is 6.10 Å². The first-order valence-electron chi connectivity index (χ1n) is 5.73. The van der Waals surface area contributed by atoms with Gasteiger partial charge in [0.15, 0.2) is 6.33 Å². The molecular formula is C11H15N5O2. The summed E-state index contributed by atoms with van der Waals surface area (Å²) in [6, 6.07) is 1.73. The fraction of sp³-hybridized carbons (Fsp3) is 0.455. The van der Waals surface area contributed by atoms with Gasteiger partial charge in [-0.25, -0.2) is 4.98 Å². The average molecular weight is 249 g/mol. The summed E-state index contributed by atoms with van der Waals surface area (Å²) in [5.41, 5.74) is 0. The second-order valence-electron chi connectivity index (χ2n) is 3.90. The Bertz CT molecular complexity index is 472. The molecular weight excluding hydrogens is 234 g/mol. The van der Waals surface area contributed by atoms with Crippen LogP contribution >= 0.6 is 0 Å². The van der Waals surface area contributed by atoms with E-state index in [9.17, 15) is 0 Å². The summed E-state index contributed by atoms with van der Waals surface area (Å²) in [7, 11) is 0. The third-order valence-corrected chi connectivity index (χ3v) is 2.02. The van der Waals surface area contributed by atoms with Crippen molar-refractivity contribution >= 4 is 5.95 Å². The third kappa shape index (κ3) is 3.69. The maximum atomic E-state index is 5.48. The highest BCUT2D eigenvalue weighted by atomic mass is 16.5. The van der Waals surface area contributed by atoms with Crippen LogP contribution in [0.15, 0.2) is 23.1 Å². The van der Waals surface area contributed by atoms with E-state index in [0.29, 0.717) is 30.7 Å². The Morgan fingerprint density at radius 2 is 2.28 bits per heavy atom. The molecule has 0 saturated carbocycles. The van der Waals surface area contributed by atoms with Crippen LogP contribution in [0, 0.1) is 0 Å². The summed E-state index contributed by atoms with van der Waals surface area (Å²) in [5.74, 6) is 1.66. The van der Waals surface area contributed by atoms with Crippen molar-refractivity contribution < 1.29 is 9.26 Å². The maximum Gasteiger partial charge on any atom is 0.228 e. The number of nitrogens with one attached hydrogen (secondary N) is 1. The molecule has 0 atom stereocenters. The monoisotopic (exact) mass is 249 g/mol. The number of anilines is 1. The standard InChI is InChI=1S/C11H15N5O2/c1-8(2)17-10-4-6-13-11(16-10)12-5-3-9-14-7-15-18-9/h4,6-8H,3,5H2,1-2H3,(H,12,13,16). The van der Waals surface area contributed by atoms with Gasteiger partial charge in [-0.3, -0.25) is 0 Å². The largest absolute Gasteiger partial charge is 0.475 e. The molecule has 0 saturated heterocycles. The molecule has 0 bridgehead atoms. The lowest BCUT2D eigenvalue weighted by Gasteiger charge is -2.09. The summed E-state index contributed by atoms with van der Waals surface area (Å²) in [5, 5.41) is 6.60. The Morgan fingerprint density at radius 3 is 3.00 bits per heavy atom. The van der Waals surface area contributed by atoms with Crippen molar-refractivity contribution in [1.29, 1.82) is 0 Å². The fourth-order valence-corrected chi connectivity index (χ4v) is 1.32. The van der Waals surface area contributed by atoms with Gasteiger partial charge in [0, 0.05) is 25.2 Å². The molecule has 7 heteroatoms. The van der Waals surface area contributed by atoms with Crippen LogP contribution in [0.4, 0.5) is 5.95 Å². The zero-order valence-electron chi connectivity index (χ0n) is 10.3. The number of hydrogen-bond donors (Lipinski definition) is 1. The Hall–Kier alpha value is -2.18. The second-order valence-corrected chi connectivity index (χ2v) is 3.90. The molecule has 2 heterocycles. The van der Waals surface area contributed by atoms with Crippen LogP contribution in [0.25, 0.3) is 0 Å². The highest BCUT2D eigenvalue weighted by Crippen LogP contribution is 2.10. The smallest absolute Gasteiger partial charge is 0.228 e. The number of aromatic nitrogens is 4. The van der Waals surface area contributed by atoms with Crippen molar-refractivity contribution in [2.45, 2.75) is 26.4 Å². The van der Waals surface area contributed by atoms with Crippen molar-refractivity contribution in [1.82, 2.24) is 20.1 Å². The van der Waals surface area contributed by atoms with E-state index in [1.807, 2.05) is 13.8 Å². The van der Waals surface area contributed by atoms with Crippen LogP contribution in [0.3, 0.4) is 0 Å². The molecule has 7 nitrogen and oxygen atoms in total. The highest BCUT2D eigenvalue weighted by Gasteiger charge is 2.03. The van der Waals surface area contributed by atoms with Gasteiger partial charge in [0.1, 0.15) is 0 Å². The Morgan fingerprint density at radius 1 is 1.39 bits per heavy atom. The zero-order valence-corrected chi connectivity index (χ0v) is 10.3. The molecule has 0 aliphatic heterocycles. The summed E-state index contributed by atoms with van der Waals surface area (Å²) >= 11 is 0. The SMILES string of the molecule is CC(C)Oc1ccnc(NCCc2ncno2)n1. The molecule has 0 spiro atoms. The van der Waals surface area contributed by atoms with Gasteiger partial charge in [-0.15, -0.1) is 0 Å². The molecule has 18 heavy (non-hydrogen) atoms. The van der Waals surface area contributed by atoms with Crippen LogP contribution in [0.2, 0.25) is 0 Å². The molecule has 0 aliphatic carbocycles.